The molecule has 4 rings (SSSR count). The Labute approximate surface area is 190 Å². The molecule has 2 aromatic heterocycles. The molecule has 0 aliphatic heterocycles. The summed E-state index contributed by atoms with van der Waals surface area (Å²) in [6, 6.07) is 20.0. The molecule has 0 fully saturated rings. The molecule has 0 spiro atoms. The third-order valence-electron chi connectivity index (χ3n) is 4.79. The van der Waals surface area contributed by atoms with Gasteiger partial charge in [0, 0.05) is 28.9 Å². The number of nitrogens with one attached hydrogen (secondary N) is 1. The Hall–Kier alpha value is -4.02. The molecular formula is C25H20N4O2S. The van der Waals surface area contributed by atoms with Gasteiger partial charge in [-0.2, -0.15) is 5.26 Å². The molecule has 1 unspecified atom stereocenters. The highest BCUT2D eigenvalue weighted by atomic mass is 32.1. The van der Waals surface area contributed by atoms with Crippen molar-refractivity contribution in [3.8, 4) is 23.1 Å². The summed E-state index contributed by atoms with van der Waals surface area (Å²) in [4.78, 5) is 21.6. The molecule has 0 aliphatic carbocycles. The van der Waals surface area contributed by atoms with Gasteiger partial charge in [0.05, 0.1) is 17.3 Å². The van der Waals surface area contributed by atoms with E-state index in [1.54, 1.807) is 42.7 Å². The third kappa shape index (κ3) is 4.99. The highest BCUT2D eigenvalue weighted by Gasteiger charge is 2.16. The van der Waals surface area contributed by atoms with E-state index in [1.807, 2.05) is 42.6 Å². The minimum atomic E-state index is -0.236. The molecule has 158 valence electrons. The first kappa shape index (κ1) is 21.2. The van der Waals surface area contributed by atoms with Gasteiger partial charge in [-0.25, -0.2) is 4.98 Å². The van der Waals surface area contributed by atoms with Gasteiger partial charge < -0.3 is 10.1 Å². The minimum Gasteiger partial charge on any atom is -0.488 e. The van der Waals surface area contributed by atoms with Crippen molar-refractivity contribution in [3.05, 3.63) is 100 Å². The standard InChI is InChI=1S/C25H20N4O2S/c1-17(25-29-22(16-32-25)21-9-5-11-27-14-21)28-24(30)19-8-4-6-18(12-19)15-31-23-10-3-2-7-20(23)13-26/h2-12,14,16-17H,15H2,1H3,(H,28,30). The molecule has 2 aromatic carbocycles. The van der Waals surface area contributed by atoms with Crippen LogP contribution < -0.4 is 10.1 Å². The molecule has 0 bridgehead atoms. The molecule has 2 heterocycles. The number of nitrogens with zero attached hydrogens (tertiary/aromatic N) is 3. The zero-order valence-corrected chi connectivity index (χ0v) is 18.2. The van der Waals surface area contributed by atoms with Gasteiger partial charge >= 0.3 is 0 Å². The van der Waals surface area contributed by atoms with Crippen molar-refractivity contribution in [1.29, 1.82) is 5.26 Å². The maximum absolute atomic E-state index is 12.8. The van der Waals surface area contributed by atoms with E-state index in [-0.39, 0.29) is 18.6 Å². The van der Waals surface area contributed by atoms with Gasteiger partial charge in [-0.15, -0.1) is 11.3 Å². The van der Waals surface area contributed by atoms with Crippen molar-refractivity contribution in [2.75, 3.05) is 0 Å². The highest BCUT2D eigenvalue weighted by Crippen LogP contribution is 2.25. The minimum absolute atomic E-state index is 0.185. The number of amides is 1. The van der Waals surface area contributed by atoms with E-state index in [1.165, 1.54) is 11.3 Å². The first-order valence-electron chi connectivity index (χ1n) is 10.0. The van der Waals surface area contributed by atoms with E-state index in [2.05, 4.69) is 21.4 Å². The Morgan fingerprint density at radius 1 is 1.19 bits per heavy atom. The Bertz CT molecular complexity index is 1260. The molecule has 0 aliphatic rings. The van der Waals surface area contributed by atoms with E-state index in [0.717, 1.165) is 21.8 Å². The van der Waals surface area contributed by atoms with E-state index < -0.39 is 0 Å². The second kappa shape index (κ2) is 9.86. The zero-order valence-electron chi connectivity index (χ0n) is 17.4. The molecule has 1 amide bonds. The fraction of sp³-hybridized carbons (Fsp3) is 0.120. The number of rotatable bonds is 7. The van der Waals surface area contributed by atoms with Gasteiger partial charge in [0.15, 0.2) is 0 Å². The van der Waals surface area contributed by atoms with Gasteiger partial charge in [0.1, 0.15) is 23.4 Å². The van der Waals surface area contributed by atoms with Crippen molar-refractivity contribution in [2.45, 2.75) is 19.6 Å². The molecular weight excluding hydrogens is 420 g/mol. The lowest BCUT2D eigenvalue weighted by molar-refractivity contribution is 0.0939. The third-order valence-corrected chi connectivity index (χ3v) is 5.82. The number of carbonyl (C=O) groups excluding carboxylic acids is 1. The fourth-order valence-electron chi connectivity index (χ4n) is 3.12. The number of para-hydroxylation sites is 1. The van der Waals surface area contributed by atoms with Crippen molar-refractivity contribution in [1.82, 2.24) is 15.3 Å². The largest absolute Gasteiger partial charge is 0.488 e. The number of nitriles is 1. The van der Waals surface area contributed by atoms with Crippen LogP contribution in [0.3, 0.4) is 0 Å². The maximum Gasteiger partial charge on any atom is 0.251 e. The summed E-state index contributed by atoms with van der Waals surface area (Å²) in [5, 5.41) is 15.0. The number of thiazole rings is 1. The summed E-state index contributed by atoms with van der Waals surface area (Å²) in [5.74, 6) is 0.335. The molecule has 0 radical (unpaired) electrons. The van der Waals surface area contributed by atoms with Gasteiger partial charge in [-0.3, -0.25) is 9.78 Å². The number of carbonyl (C=O) groups is 1. The normalized spacial score (nSPS) is 11.4. The number of hydrogen-bond acceptors (Lipinski definition) is 6. The molecule has 6 nitrogen and oxygen atoms in total. The molecule has 0 saturated carbocycles. The summed E-state index contributed by atoms with van der Waals surface area (Å²) in [6.45, 7) is 2.17. The summed E-state index contributed by atoms with van der Waals surface area (Å²) in [6.07, 6.45) is 3.49. The van der Waals surface area contributed by atoms with Crippen LogP contribution in [-0.2, 0) is 6.61 Å². The van der Waals surface area contributed by atoms with Gasteiger partial charge in [0.2, 0.25) is 0 Å². The molecule has 1 N–H and O–H groups in total. The summed E-state index contributed by atoms with van der Waals surface area (Å²) in [7, 11) is 0. The smallest absolute Gasteiger partial charge is 0.251 e. The molecule has 4 aromatic rings. The number of ether oxygens (including phenoxy) is 1. The van der Waals surface area contributed by atoms with Crippen LogP contribution >= 0.6 is 11.3 Å². The van der Waals surface area contributed by atoms with Crippen LogP contribution in [0.25, 0.3) is 11.3 Å². The first-order chi connectivity index (χ1) is 15.6. The van der Waals surface area contributed by atoms with Crippen LogP contribution in [0.15, 0.2) is 78.4 Å². The first-order valence-corrected chi connectivity index (χ1v) is 10.9. The van der Waals surface area contributed by atoms with Gasteiger partial charge in [-0.05, 0) is 48.9 Å². The lowest BCUT2D eigenvalue weighted by atomic mass is 10.1. The lowest BCUT2D eigenvalue weighted by Crippen LogP contribution is -2.26. The number of benzene rings is 2. The van der Waals surface area contributed by atoms with Crippen LogP contribution in [0.1, 0.15) is 39.5 Å². The average molecular weight is 441 g/mol. The molecule has 0 saturated heterocycles. The SMILES string of the molecule is CC(NC(=O)c1cccc(COc2ccccc2C#N)c1)c1nc(-c2cccnc2)cs1. The zero-order chi connectivity index (χ0) is 22.3. The Kier molecular flexibility index (Phi) is 6.54. The van der Waals surface area contributed by atoms with Crippen molar-refractivity contribution >= 4 is 17.2 Å². The van der Waals surface area contributed by atoms with E-state index in [4.69, 9.17) is 4.74 Å². The van der Waals surface area contributed by atoms with Crippen LogP contribution in [0.5, 0.6) is 5.75 Å². The van der Waals surface area contributed by atoms with Crippen molar-refractivity contribution in [2.24, 2.45) is 0 Å². The van der Waals surface area contributed by atoms with E-state index in [9.17, 15) is 10.1 Å². The average Bonchev–Trinajstić information content (AvgIpc) is 3.34. The fourth-order valence-corrected chi connectivity index (χ4v) is 3.96. The van der Waals surface area contributed by atoms with Crippen LogP contribution in [0.2, 0.25) is 0 Å². The predicted molar refractivity (Wildman–Crippen MR) is 123 cm³/mol. The van der Waals surface area contributed by atoms with Crippen LogP contribution in [0, 0.1) is 11.3 Å². The summed E-state index contributed by atoms with van der Waals surface area (Å²) < 4.78 is 5.78. The van der Waals surface area contributed by atoms with E-state index in [0.29, 0.717) is 16.9 Å². The van der Waals surface area contributed by atoms with Crippen LogP contribution in [-0.4, -0.2) is 15.9 Å². The Balaban J connectivity index is 1.40. The predicted octanol–water partition coefficient (Wildman–Crippen LogP) is 5.15. The highest BCUT2D eigenvalue weighted by molar-refractivity contribution is 7.10. The van der Waals surface area contributed by atoms with Crippen LogP contribution in [0.4, 0.5) is 0 Å². The van der Waals surface area contributed by atoms with E-state index >= 15 is 0 Å². The van der Waals surface area contributed by atoms with Gasteiger partial charge in [-0.1, -0.05) is 24.3 Å². The second-order valence-electron chi connectivity index (χ2n) is 7.10. The molecule has 1 atom stereocenters. The topological polar surface area (TPSA) is 87.9 Å². The maximum atomic E-state index is 12.8. The lowest BCUT2D eigenvalue weighted by Gasteiger charge is -2.12. The monoisotopic (exact) mass is 440 g/mol. The Morgan fingerprint density at radius 2 is 2.06 bits per heavy atom. The summed E-state index contributed by atoms with van der Waals surface area (Å²) >= 11 is 1.50. The number of hydrogen-bond donors (Lipinski definition) is 1. The summed E-state index contributed by atoms with van der Waals surface area (Å²) in [5.41, 5.74) is 3.64. The Morgan fingerprint density at radius 3 is 2.88 bits per heavy atom. The quantitative estimate of drug-likeness (QED) is 0.430. The molecule has 7 heteroatoms. The molecule has 32 heavy (non-hydrogen) atoms. The van der Waals surface area contributed by atoms with Gasteiger partial charge in [0.25, 0.3) is 5.91 Å². The number of aromatic nitrogens is 2. The van der Waals surface area contributed by atoms with Crippen molar-refractivity contribution in [3.63, 3.8) is 0 Å². The second-order valence-corrected chi connectivity index (χ2v) is 7.99. The van der Waals surface area contributed by atoms with Crippen molar-refractivity contribution < 1.29 is 9.53 Å². The number of pyridine rings is 1.